The Balaban J connectivity index is 2.02. The number of nitrogen functional groups attached to an aromatic ring is 1. The van der Waals surface area contributed by atoms with Gasteiger partial charge in [-0.05, 0) is 6.42 Å². The van der Waals surface area contributed by atoms with E-state index in [0.29, 0.717) is 5.82 Å². The number of unbranched alkanes of at least 4 members (excludes halogenated alkanes) is 9. The van der Waals surface area contributed by atoms with E-state index < -0.39 is 0 Å². The Morgan fingerprint density at radius 3 is 2.00 bits per heavy atom. The first-order chi connectivity index (χ1) is 10.1. The molecule has 0 saturated carbocycles. The van der Waals surface area contributed by atoms with Gasteiger partial charge in [0.2, 0.25) is 11.9 Å². The standard InChI is InChI=1S/C16H30N4O/c1-3-4-5-6-7-8-9-10-11-12-13-15-18-16(17)20(19-15)14(2)21/h3-13H2,1-2H3,(H2,17,18,19). The van der Waals surface area contributed by atoms with Crippen LogP contribution in [-0.2, 0) is 6.42 Å². The molecule has 120 valence electrons. The van der Waals surface area contributed by atoms with Gasteiger partial charge in [-0.2, -0.15) is 9.67 Å². The summed E-state index contributed by atoms with van der Waals surface area (Å²) in [4.78, 5) is 15.3. The minimum absolute atomic E-state index is 0.186. The number of nitrogens with two attached hydrogens (primary N) is 1. The lowest BCUT2D eigenvalue weighted by Gasteiger charge is -2.01. The van der Waals surface area contributed by atoms with Crippen molar-refractivity contribution in [3.05, 3.63) is 5.82 Å². The smallest absolute Gasteiger partial charge is 0.246 e. The van der Waals surface area contributed by atoms with Gasteiger partial charge in [0.05, 0.1) is 0 Å². The van der Waals surface area contributed by atoms with Crippen LogP contribution in [0.4, 0.5) is 5.95 Å². The molecule has 0 fully saturated rings. The Labute approximate surface area is 128 Å². The molecule has 2 N–H and O–H groups in total. The van der Waals surface area contributed by atoms with E-state index in [1.807, 2.05) is 0 Å². The third-order valence-electron chi connectivity index (χ3n) is 3.73. The molecule has 1 heterocycles. The first kappa shape index (κ1) is 17.7. The second-order valence-corrected chi connectivity index (χ2v) is 5.75. The van der Waals surface area contributed by atoms with Gasteiger partial charge in [-0.1, -0.05) is 64.7 Å². The van der Waals surface area contributed by atoms with Gasteiger partial charge >= 0.3 is 0 Å². The van der Waals surface area contributed by atoms with E-state index in [-0.39, 0.29) is 11.9 Å². The molecule has 0 aromatic carbocycles. The highest BCUT2D eigenvalue weighted by Crippen LogP contribution is 2.12. The Hall–Kier alpha value is -1.39. The maximum Gasteiger partial charge on any atom is 0.246 e. The van der Waals surface area contributed by atoms with Gasteiger partial charge in [-0.25, -0.2) is 0 Å². The Morgan fingerprint density at radius 2 is 1.52 bits per heavy atom. The van der Waals surface area contributed by atoms with E-state index in [0.717, 1.165) is 12.8 Å². The van der Waals surface area contributed by atoms with Gasteiger partial charge in [-0.3, -0.25) is 4.79 Å². The number of rotatable bonds is 11. The van der Waals surface area contributed by atoms with Crippen LogP contribution in [0.5, 0.6) is 0 Å². The quantitative estimate of drug-likeness (QED) is 0.626. The molecule has 1 rings (SSSR count). The van der Waals surface area contributed by atoms with Crippen molar-refractivity contribution >= 4 is 11.9 Å². The van der Waals surface area contributed by atoms with Crippen LogP contribution in [0.2, 0.25) is 0 Å². The lowest BCUT2D eigenvalue weighted by Crippen LogP contribution is -2.11. The molecule has 0 spiro atoms. The topological polar surface area (TPSA) is 73.8 Å². The highest BCUT2D eigenvalue weighted by molar-refractivity contribution is 5.77. The number of carbonyl (C=O) groups is 1. The van der Waals surface area contributed by atoms with Crippen LogP contribution in [-0.4, -0.2) is 20.7 Å². The van der Waals surface area contributed by atoms with Crippen molar-refractivity contribution in [3.8, 4) is 0 Å². The molecule has 1 aromatic heterocycles. The lowest BCUT2D eigenvalue weighted by molar-refractivity contribution is 0.0923. The van der Waals surface area contributed by atoms with Gasteiger partial charge in [0, 0.05) is 13.3 Å². The highest BCUT2D eigenvalue weighted by atomic mass is 16.2. The van der Waals surface area contributed by atoms with E-state index in [9.17, 15) is 4.79 Å². The maximum atomic E-state index is 11.2. The summed E-state index contributed by atoms with van der Waals surface area (Å²) < 4.78 is 1.17. The molecule has 0 aliphatic rings. The second kappa shape index (κ2) is 10.4. The van der Waals surface area contributed by atoms with Crippen molar-refractivity contribution in [2.75, 3.05) is 5.73 Å². The fraction of sp³-hybridized carbons (Fsp3) is 0.812. The predicted octanol–water partition coefficient (Wildman–Crippen LogP) is 3.98. The second-order valence-electron chi connectivity index (χ2n) is 5.75. The molecule has 1 aromatic rings. The first-order valence-corrected chi connectivity index (χ1v) is 8.37. The number of hydrogen-bond donors (Lipinski definition) is 1. The molecule has 0 unspecified atom stereocenters. The summed E-state index contributed by atoms with van der Waals surface area (Å²) in [6.07, 6.45) is 13.9. The van der Waals surface area contributed by atoms with E-state index in [1.54, 1.807) is 0 Å². The average Bonchev–Trinajstić information content (AvgIpc) is 2.82. The monoisotopic (exact) mass is 294 g/mol. The normalized spacial score (nSPS) is 11.0. The van der Waals surface area contributed by atoms with Crippen LogP contribution >= 0.6 is 0 Å². The number of nitrogens with zero attached hydrogens (tertiary/aromatic N) is 3. The van der Waals surface area contributed by atoms with Crippen LogP contribution in [0.3, 0.4) is 0 Å². The fourth-order valence-electron chi connectivity index (χ4n) is 2.48. The summed E-state index contributed by atoms with van der Waals surface area (Å²) in [5, 5.41) is 4.12. The zero-order valence-electron chi connectivity index (χ0n) is 13.6. The lowest BCUT2D eigenvalue weighted by atomic mass is 10.1. The number of hydrogen-bond acceptors (Lipinski definition) is 4. The van der Waals surface area contributed by atoms with Gasteiger partial charge in [0.15, 0.2) is 5.82 Å². The Morgan fingerprint density at radius 1 is 1.00 bits per heavy atom. The Bertz CT molecular complexity index is 414. The number of anilines is 1. The van der Waals surface area contributed by atoms with E-state index in [1.165, 1.54) is 69.4 Å². The zero-order chi connectivity index (χ0) is 15.5. The van der Waals surface area contributed by atoms with Gasteiger partial charge in [0.25, 0.3) is 0 Å². The Kier molecular flexibility index (Phi) is 8.71. The van der Waals surface area contributed by atoms with Gasteiger partial charge in [0.1, 0.15) is 0 Å². The highest BCUT2D eigenvalue weighted by Gasteiger charge is 2.09. The van der Waals surface area contributed by atoms with Crippen molar-refractivity contribution in [2.45, 2.75) is 84.5 Å². The van der Waals surface area contributed by atoms with E-state index >= 15 is 0 Å². The molecule has 0 radical (unpaired) electrons. The van der Waals surface area contributed by atoms with E-state index in [4.69, 9.17) is 5.73 Å². The van der Waals surface area contributed by atoms with Crippen LogP contribution < -0.4 is 5.73 Å². The van der Waals surface area contributed by atoms with Crippen molar-refractivity contribution in [1.82, 2.24) is 14.8 Å². The maximum absolute atomic E-state index is 11.2. The third-order valence-corrected chi connectivity index (χ3v) is 3.73. The van der Waals surface area contributed by atoms with Crippen molar-refractivity contribution in [1.29, 1.82) is 0 Å². The number of carbonyl (C=O) groups excluding carboxylic acids is 1. The average molecular weight is 294 g/mol. The van der Waals surface area contributed by atoms with E-state index in [2.05, 4.69) is 17.0 Å². The van der Waals surface area contributed by atoms with Crippen molar-refractivity contribution in [3.63, 3.8) is 0 Å². The van der Waals surface area contributed by atoms with Crippen LogP contribution in [0.1, 0.15) is 88.7 Å². The molecular formula is C16H30N4O. The minimum Gasteiger partial charge on any atom is -0.368 e. The fourth-order valence-corrected chi connectivity index (χ4v) is 2.48. The third kappa shape index (κ3) is 7.25. The first-order valence-electron chi connectivity index (χ1n) is 8.37. The minimum atomic E-state index is -0.186. The van der Waals surface area contributed by atoms with Crippen LogP contribution in [0, 0.1) is 0 Å². The summed E-state index contributed by atoms with van der Waals surface area (Å²) in [6.45, 7) is 3.69. The molecule has 0 aliphatic carbocycles. The molecule has 0 bridgehead atoms. The summed E-state index contributed by atoms with van der Waals surface area (Å²) in [7, 11) is 0. The van der Waals surface area contributed by atoms with Crippen LogP contribution in [0.25, 0.3) is 0 Å². The predicted molar refractivity (Wildman–Crippen MR) is 86.3 cm³/mol. The molecule has 0 saturated heterocycles. The molecular weight excluding hydrogens is 264 g/mol. The largest absolute Gasteiger partial charge is 0.368 e. The summed E-state index contributed by atoms with van der Waals surface area (Å²) >= 11 is 0. The molecule has 21 heavy (non-hydrogen) atoms. The molecule has 0 amide bonds. The van der Waals surface area contributed by atoms with Gasteiger partial charge in [-0.15, -0.1) is 5.10 Å². The van der Waals surface area contributed by atoms with Gasteiger partial charge < -0.3 is 5.73 Å². The molecule has 0 atom stereocenters. The molecule has 5 nitrogen and oxygen atoms in total. The number of aryl methyl sites for hydroxylation is 1. The van der Waals surface area contributed by atoms with Crippen molar-refractivity contribution < 1.29 is 4.79 Å². The SMILES string of the molecule is CCCCCCCCCCCCc1nc(N)n(C(C)=O)n1. The number of aromatic nitrogens is 3. The van der Waals surface area contributed by atoms with Crippen LogP contribution in [0.15, 0.2) is 0 Å². The summed E-state index contributed by atoms with van der Waals surface area (Å²) in [5.41, 5.74) is 5.63. The molecule has 5 heteroatoms. The van der Waals surface area contributed by atoms with Crippen molar-refractivity contribution in [2.24, 2.45) is 0 Å². The zero-order valence-corrected chi connectivity index (χ0v) is 13.6. The molecule has 0 aliphatic heterocycles. The summed E-state index contributed by atoms with van der Waals surface area (Å²) in [6, 6.07) is 0. The summed E-state index contributed by atoms with van der Waals surface area (Å²) in [5.74, 6) is 0.696.